The Hall–Kier alpha value is -3.48. The van der Waals surface area contributed by atoms with Crippen LogP contribution < -0.4 is 20.4 Å². The molecule has 33 heavy (non-hydrogen) atoms. The van der Waals surface area contributed by atoms with Crippen LogP contribution in [0.15, 0.2) is 64.0 Å². The van der Waals surface area contributed by atoms with Crippen LogP contribution in [0.5, 0.6) is 0 Å². The molecular weight excluding hydrogens is 488 g/mol. The second-order valence-electron chi connectivity index (χ2n) is 6.78. The van der Waals surface area contributed by atoms with Crippen molar-refractivity contribution in [2.24, 2.45) is 5.10 Å². The van der Waals surface area contributed by atoms with E-state index < -0.39 is 16.1 Å². The van der Waals surface area contributed by atoms with Gasteiger partial charge in [0.25, 0.3) is 15.9 Å². The number of hydrogen-bond acceptors (Lipinski definition) is 8. The van der Waals surface area contributed by atoms with E-state index in [1.54, 1.807) is 6.07 Å². The highest BCUT2D eigenvalue weighted by Gasteiger charge is 2.26. The molecule has 3 N–H and O–H groups in total. The largest absolute Gasteiger partial charge is 0.388 e. The zero-order chi connectivity index (χ0) is 23.6. The Labute approximate surface area is 198 Å². The smallest absolute Gasteiger partial charge is 0.334 e. The summed E-state index contributed by atoms with van der Waals surface area (Å²) in [5.41, 5.74) is 2.82. The predicted molar refractivity (Wildman–Crippen MR) is 128 cm³/mol. The van der Waals surface area contributed by atoms with E-state index in [2.05, 4.69) is 20.7 Å². The van der Waals surface area contributed by atoms with Gasteiger partial charge in [0.2, 0.25) is 0 Å². The minimum Gasteiger partial charge on any atom is -0.388 e. The van der Waals surface area contributed by atoms with Crippen molar-refractivity contribution in [3.05, 3.63) is 64.6 Å². The van der Waals surface area contributed by atoms with Crippen molar-refractivity contribution >= 4 is 67.8 Å². The summed E-state index contributed by atoms with van der Waals surface area (Å²) in [7, 11) is -2.23. The molecule has 3 amide bonds. The van der Waals surface area contributed by atoms with Crippen LogP contribution in [0, 0.1) is 0 Å². The molecule has 3 aromatic rings. The zero-order valence-electron chi connectivity index (χ0n) is 17.1. The van der Waals surface area contributed by atoms with E-state index in [0.717, 1.165) is 22.6 Å². The summed E-state index contributed by atoms with van der Waals surface area (Å²) in [6.45, 7) is 0. The van der Waals surface area contributed by atoms with E-state index >= 15 is 0 Å². The number of halogens is 1. The first-order valence-electron chi connectivity index (χ1n) is 9.49. The quantitative estimate of drug-likeness (QED) is 0.470. The fourth-order valence-electron chi connectivity index (χ4n) is 2.96. The third kappa shape index (κ3) is 5.13. The molecule has 0 atom stereocenters. The van der Waals surface area contributed by atoms with Crippen LogP contribution in [0.2, 0.25) is 4.34 Å². The number of carbonyl (C=O) groups excluding carboxylic acids is 2. The maximum Gasteiger partial charge on any atom is 0.334 e. The number of urea groups is 1. The Morgan fingerprint density at radius 3 is 2.48 bits per heavy atom. The molecule has 2 aromatic heterocycles. The predicted octanol–water partition coefficient (Wildman–Crippen LogP) is 3.49. The lowest BCUT2D eigenvalue weighted by Gasteiger charge is -2.12. The van der Waals surface area contributed by atoms with Crippen molar-refractivity contribution < 1.29 is 18.0 Å². The number of hydrazone groups is 1. The van der Waals surface area contributed by atoms with E-state index in [9.17, 15) is 18.0 Å². The van der Waals surface area contributed by atoms with E-state index in [0.29, 0.717) is 11.4 Å². The summed E-state index contributed by atoms with van der Waals surface area (Å²) in [6, 6.07) is 12.3. The number of sulfonamides is 1. The van der Waals surface area contributed by atoms with Gasteiger partial charge in [0.05, 0.1) is 28.4 Å². The number of aromatic nitrogens is 1. The Kier molecular flexibility index (Phi) is 6.31. The summed E-state index contributed by atoms with van der Waals surface area (Å²) in [6.07, 6.45) is 1.50. The summed E-state index contributed by atoms with van der Waals surface area (Å²) in [5, 5.41) is 11.0. The lowest BCUT2D eigenvalue weighted by Crippen LogP contribution is -2.34. The molecule has 3 heterocycles. The second kappa shape index (κ2) is 9.17. The molecule has 0 fully saturated rings. The highest BCUT2D eigenvalue weighted by molar-refractivity contribution is 7.92. The van der Waals surface area contributed by atoms with Crippen molar-refractivity contribution in [3.63, 3.8) is 0 Å². The number of amides is 3. The molecule has 170 valence electrons. The third-order valence-electron chi connectivity index (χ3n) is 4.56. The third-order valence-corrected chi connectivity index (χ3v) is 7.61. The molecule has 1 aromatic carbocycles. The number of nitrogens with zero attached hydrogens (tertiary/aromatic N) is 3. The molecule has 0 bridgehead atoms. The molecule has 0 aliphatic carbocycles. The molecule has 10 nitrogen and oxygen atoms in total. The minimum absolute atomic E-state index is 0.0900. The minimum atomic E-state index is -4.05. The molecular formula is C20H17ClN6O4S2. The van der Waals surface area contributed by atoms with Gasteiger partial charge in [-0.1, -0.05) is 23.7 Å². The number of nitrogens with one attached hydrogen (secondary N) is 3. The number of thiophene rings is 1. The molecule has 1 aliphatic heterocycles. The Balaban J connectivity index is 1.42. The van der Waals surface area contributed by atoms with Gasteiger partial charge in [-0.25, -0.2) is 22.9 Å². The highest BCUT2D eigenvalue weighted by atomic mass is 35.5. The zero-order valence-corrected chi connectivity index (χ0v) is 19.5. The van der Waals surface area contributed by atoms with E-state index in [1.165, 1.54) is 29.4 Å². The van der Waals surface area contributed by atoms with Gasteiger partial charge in [-0.05, 0) is 42.0 Å². The van der Waals surface area contributed by atoms with Gasteiger partial charge >= 0.3 is 6.03 Å². The average Bonchev–Trinajstić information content (AvgIpc) is 3.40. The first-order chi connectivity index (χ1) is 15.7. The van der Waals surface area contributed by atoms with Gasteiger partial charge in [0, 0.05) is 12.7 Å². The summed E-state index contributed by atoms with van der Waals surface area (Å²) >= 11 is 6.57. The van der Waals surface area contributed by atoms with Crippen LogP contribution in [0.25, 0.3) is 0 Å². The number of anilines is 3. The summed E-state index contributed by atoms with van der Waals surface area (Å²) in [5.74, 6) is -0.127. The van der Waals surface area contributed by atoms with Crippen LogP contribution in [-0.2, 0) is 14.8 Å². The molecule has 0 saturated heterocycles. The first-order valence-corrected chi connectivity index (χ1v) is 12.2. The van der Waals surface area contributed by atoms with Crippen LogP contribution in [0.3, 0.4) is 0 Å². The summed E-state index contributed by atoms with van der Waals surface area (Å²) < 4.78 is 26.5. The second-order valence-corrected chi connectivity index (χ2v) is 10.4. The van der Waals surface area contributed by atoms with Gasteiger partial charge < -0.3 is 5.32 Å². The van der Waals surface area contributed by atoms with Crippen LogP contribution in [-0.4, -0.2) is 38.1 Å². The van der Waals surface area contributed by atoms with E-state index in [4.69, 9.17) is 11.6 Å². The number of benzene rings is 1. The number of hydrogen-bond donors (Lipinski definition) is 3. The first kappa shape index (κ1) is 22.7. The summed E-state index contributed by atoms with van der Waals surface area (Å²) in [4.78, 5) is 28.6. The topological polar surface area (TPSA) is 133 Å². The van der Waals surface area contributed by atoms with Crippen LogP contribution >= 0.6 is 22.9 Å². The maximum absolute atomic E-state index is 12.5. The molecule has 0 spiro atoms. The fraction of sp³-hybridized carbons (Fsp3) is 0.100. The van der Waals surface area contributed by atoms with E-state index in [-0.39, 0.29) is 26.7 Å². The van der Waals surface area contributed by atoms with E-state index in [1.807, 2.05) is 36.0 Å². The lowest BCUT2D eigenvalue weighted by molar-refractivity contribution is -0.116. The number of rotatable bonds is 6. The highest BCUT2D eigenvalue weighted by Crippen LogP contribution is 2.26. The molecule has 0 radical (unpaired) electrons. The van der Waals surface area contributed by atoms with Crippen LogP contribution in [0.1, 0.15) is 12.0 Å². The SMILES string of the molecule is CNc1ccc(C2=NN(c3ccc(NC(=O)NS(=O)(=O)c4ccc(Cl)s4)nc3)C(=O)C2)cc1. The Morgan fingerprint density at radius 2 is 1.88 bits per heavy atom. The molecule has 13 heteroatoms. The van der Waals surface area contributed by atoms with Crippen molar-refractivity contribution in [2.75, 3.05) is 22.7 Å². The van der Waals surface area contributed by atoms with Crippen LogP contribution in [0.4, 0.5) is 22.0 Å². The van der Waals surface area contributed by atoms with Gasteiger partial charge in [-0.2, -0.15) is 10.1 Å². The van der Waals surface area contributed by atoms with Crippen molar-refractivity contribution in [1.29, 1.82) is 0 Å². The molecule has 0 saturated carbocycles. The van der Waals surface area contributed by atoms with Gasteiger partial charge in [-0.3, -0.25) is 10.1 Å². The van der Waals surface area contributed by atoms with Crippen molar-refractivity contribution in [2.45, 2.75) is 10.6 Å². The van der Waals surface area contributed by atoms with Crippen molar-refractivity contribution in [3.8, 4) is 0 Å². The monoisotopic (exact) mass is 504 g/mol. The molecule has 0 unspecified atom stereocenters. The number of pyridine rings is 1. The average molecular weight is 505 g/mol. The number of carbonyl (C=O) groups is 2. The van der Waals surface area contributed by atoms with Gasteiger partial charge in [0.15, 0.2) is 0 Å². The fourth-order valence-corrected chi connectivity index (χ4v) is 5.35. The van der Waals surface area contributed by atoms with Gasteiger partial charge in [0.1, 0.15) is 10.0 Å². The Bertz CT molecular complexity index is 1340. The molecule has 1 aliphatic rings. The van der Waals surface area contributed by atoms with Gasteiger partial charge in [-0.15, -0.1) is 11.3 Å². The maximum atomic E-state index is 12.5. The lowest BCUT2D eigenvalue weighted by atomic mass is 10.1. The standard InChI is InChI=1S/C20H17ClN6O4S2/c1-22-13-4-2-12(3-5-13)15-10-18(28)27(25-15)14-6-8-17(23-11-14)24-20(29)26-33(30,31)19-9-7-16(21)32-19/h2-9,11,22H,10H2,1H3,(H2,23,24,26,29). The normalized spacial score (nSPS) is 13.6. The Morgan fingerprint density at radius 1 is 1.12 bits per heavy atom. The molecule has 4 rings (SSSR count). The van der Waals surface area contributed by atoms with Crippen molar-refractivity contribution in [1.82, 2.24) is 9.71 Å².